The van der Waals surface area contributed by atoms with E-state index < -0.39 is 5.97 Å². The van der Waals surface area contributed by atoms with Gasteiger partial charge >= 0.3 is 5.97 Å². The molecule has 1 amide bonds. The lowest BCUT2D eigenvalue weighted by Gasteiger charge is -2.36. The van der Waals surface area contributed by atoms with Gasteiger partial charge in [-0.1, -0.05) is 19.3 Å². The van der Waals surface area contributed by atoms with Gasteiger partial charge in [0.1, 0.15) is 5.69 Å². The van der Waals surface area contributed by atoms with Gasteiger partial charge in [-0.2, -0.15) is 0 Å². The van der Waals surface area contributed by atoms with Crippen LogP contribution in [0, 0.1) is 0 Å². The highest BCUT2D eigenvalue weighted by Gasteiger charge is 2.32. The summed E-state index contributed by atoms with van der Waals surface area (Å²) < 4.78 is 0. The van der Waals surface area contributed by atoms with Crippen LogP contribution >= 0.6 is 0 Å². The Bertz CT molecular complexity index is 507. The van der Waals surface area contributed by atoms with Crippen molar-refractivity contribution < 1.29 is 14.7 Å². The fourth-order valence-corrected chi connectivity index (χ4v) is 2.85. The monoisotopic (exact) mass is 291 g/mol. The van der Waals surface area contributed by atoms with E-state index in [-0.39, 0.29) is 17.1 Å². The molecule has 1 aromatic heterocycles. The van der Waals surface area contributed by atoms with Crippen molar-refractivity contribution in [1.29, 1.82) is 0 Å². The van der Waals surface area contributed by atoms with Gasteiger partial charge in [0.25, 0.3) is 0 Å². The highest BCUT2D eigenvalue weighted by Crippen LogP contribution is 2.31. The number of pyridine rings is 1. The van der Waals surface area contributed by atoms with Gasteiger partial charge in [0.05, 0.1) is 11.9 Å². The summed E-state index contributed by atoms with van der Waals surface area (Å²) in [4.78, 5) is 26.7. The number of aromatic nitrogens is 1. The number of hydrogen-bond acceptors (Lipinski definition) is 4. The smallest absolute Gasteiger partial charge is 0.354 e. The van der Waals surface area contributed by atoms with Gasteiger partial charge in [0, 0.05) is 12.0 Å². The maximum absolute atomic E-state index is 12.2. The first-order valence-corrected chi connectivity index (χ1v) is 7.23. The number of amides is 1. The Morgan fingerprint density at radius 3 is 2.52 bits per heavy atom. The second-order valence-electron chi connectivity index (χ2n) is 5.55. The molecule has 1 fully saturated rings. The first-order chi connectivity index (χ1) is 10.0. The van der Waals surface area contributed by atoms with Crippen LogP contribution in [0.5, 0.6) is 0 Å². The third-order valence-corrected chi connectivity index (χ3v) is 4.11. The fraction of sp³-hybridized carbons (Fsp3) is 0.533. The first kappa shape index (κ1) is 15.4. The van der Waals surface area contributed by atoms with Crippen molar-refractivity contribution in [2.45, 2.75) is 44.1 Å². The Kier molecular flexibility index (Phi) is 4.90. The number of nitrogens with one attached hydrogen (secondary N) is 2. The quantitative estimate of drug-likeness (QED) is 0.772. The minimum atomic E-state index is -1.08. The zero-order valence-corrected chi connectivity index (χ0v) is 12.2. The van der Waals surface area contributed by atoms with Crippen LogP contribution in [0.2, 0.25) is 0 Å². The van der Waals surface area contributed by atoms with E-state index in [0.717, 1.165) is 25.7 Å². The summed E-state index contributed by atoms with van der Waals surface area (Å²) in [5.41, 5.74) is 0.371. The van der Waals surface area contributed by atoms with Gasteiger partial charge in [-0.15, -0.1) is 0 Å². The topological polar surface area (TPSA) is 91.3 Å². The average molecular weight is 291 g/mol. The molecule has 6 nitrogen and oxygen atoms in total. The number of rotatable bonds is 5. The second kappa shape index (κ2) is 6.67. The Labute approximate surface area is 124 Å². The Balaban J connectivity index is 1.95. The molecule has 1 saturated carbocycles. The minimum absolute atomic E-state index is 0.0352. The molecule has 0 radical (unpaired) electrons. The van der Waals surface area contributed by atoms with E-state index >= 15 is 0 Å². The molecule has 6 heteroatoms. The van der Waals surface area contributed by atoms with E-state index in [4.69, 9.17) is 5.11 Å². The molecular weight excluding hydrogens is 270 g/mol. The van der Waals surface area contributed by atoms with Crippen molar-refractivity contribution in [1.82, 2.24) is 10.3 Å². The SMILES string of the molecule is CNC1(CC(=O)Nc2ccc(C(=O)O)nc2)CCCCC1. The molecule has 1 heterocycles. The Morgan fingerprint density at radius 1 is 1.29 bits per heavy atom. The second-order valence-corrected chi connectivity index (χ2v) is 5.55. The molecule has 1 aromatic rings. The minimum Gasteiger partial charge on any atom is -0.477 e. The van der Waals surface area contributed by atoms with Crippen molar-refractivity contribution in [2.24, 2.45) is 0 Å². The lowest BCUT2D eigenvalue weighted by Crippen LogP contribution is -2.47. The predicted molar refractivity (Wildman–Crippen MR) is 79.3 cm³/mol. The molecule has 114 valence electrons. The number of anilines is 1. The Morgan fingerprint density at radius 2 is 2.00 bits per heavy atom. The number of carbonyl (C=O) groups excluding carboxylic acids is 1. The van der Waals surface area contributed by atoms with Crippen molar-refractivity contribution in [3.8, 4) is 0 Å². The highest BCUT2D eigenvalue weighted by molar-refractivity contribution is 5.92. The van der Waals surface area contributed by atoms with Crippen LogP contribution in [-0.4, -0.2) is 34.6 Å². The van der Waals surface area contributed by atoms with Crippen LogP contribution in [-0.2, 0) is 4.79 Å². The van der Waals surface area contributed by atoms with Gasteiger partial charge in [0.15, 0.2) is 0 Å². The van der Waals surface area contributed by atoms with Crippen LogP contribution in [0.3, 0.4) is 0 Å². The molecule has 0 saturated heterocycles. The van der Waals surface area contributed by atoms with E-state index in [0.29, 0.717) is 12.1 Å². The lowest BCUT2D eigenvalue weighted by molar-refractivity contribution is -0.117. The van der Waals surface area contributed by atoms with E-state index in [9.17, 15) is 9.59 Å². The molecule has 0 aromatic carbocycles. The third kappa shape index (κ3) is 4.01. The fourth-order valence-electron chi connectivity index (χ4n) is 2.85. The van der Waals surface area contributed by atoms with Gasteiger partial charge in [-0.05, 0) is 32.0 Å². The molecular formula is C15H21N3O3. The summed E-state index contributed by atoms with van der Waals surface area (Å²) in [7, 11) is 1.90. The van der Waals surface area contributed by atoms with Crippen molar-refractivity contribution in [2.75, 3.05) is 12.4 Å². The molecule has 0 unspecified atom stereocenters. The third-order valence-electron chi connectivity index (χ3n) is 4.11. The zero-order valence-electron chi connectivity index (χ0n) is 12.2. The van der Waals surface area contributed by atoms with Gasteiger partial charge in [-0.3, -0.25) is 4.79 Å². The summed E-state index contributed by atoms with van der Waals surface area (Å²) in [6.45, 7) is 0. The van der Waals surface area contributed by atoms with Crippen LogP contribution < -0.4 is 10.6 Å². The van der Waals surface area contributed by atoms with Gasteiger partial charge in [0.2, 0.25) is 5.91 Å². The molecule has 0 spiro atoms. The Hall–Kier alpha value is -1.95. The normalized spacial score (nSPS) is 17.2. The van der Waals surface area contributed by atoms with Crippen LogP contribution in [0.1, 0.15) is 49.0 Å². The van der Waals surface area contributed by atoms with Gasteiger partial charge < -0.3 is 15.7 Å². The molecule has 2 rings (SSSR count). The number of carboxylic acid groups (broad SMARTS) is 1. The summed E-state index contributed by atoms with van der Waals surface area (Å²) in [6.07, 6.45) is 7.32. The molecule has 3 N–H and O–H groups in total. The standard InChI is InChI=1S/C15H21N3O3/c1-16-15(7-3-2-4-8-15)9-13(19)18-11-5-6-12(14(20)21)17-10-11/h5-6,10,16H,2-4,7-9H2,1H3,(H,18,19)(H,20,21). The van der Waals surface area contributed by atoms with Crippen molar-refractivity contribution in [3.05, 3.63) is 24.0 Å². The summed E-state index contributed by atoms with van der Waals surface area (Å²) >= 11 is 0. The first-order valence-electron chi connectivity index (χ1n) is 7.23. The average Bonchev–Trinajstić information content (AvgIpc) is 2.48. The van der Waals surface area contributed by atoms with Crippen LogP contribution in [0.4, 0.5) is 5.69 Å². The van der Waals surface area contributed by atoms with Crippen molar-refractivity contribution in [3.63, 3.8) is 0 Å². The number of carboxylic acids is 1. The number of aromatic carboxylic acids is 1. The number of nitrogens with zero attached hydrogens (tertiary/aromatic N) is 1. The summed E-state index contributed by atoms with van der Waals surface area (Å²) in [5, 5.41) is 14.9. The molecule has 1 aliphatic carbocycles. The van der Waals surface area contributed by atoms with Crippen LogP contribution in [0.25, 0.3) is 0 Å². The molecule has 0 atom stereocenters. The summed E-state index contributed by atoms with van der Waals surface area (Å²) in [6, 6.07) is 2.94. The van der Waals surface area contributed by atoms with E-state index in [1.807, 2.05) is 7.05 Å². The van der Waals surface area contributed by atoms with E-state index in [1.165, 1.54) is 18.7 Å². The largest absolute Gasteiger partial charge is 0.477 e. The highest BCUT2D eigenvalue weighted by atomic mass is 16.4. The maximum atomic E-state index is 12.2. The molecule has 0 bridgehead atoms. The van der Waals surface area contributed by atoms with Crippen LogP contribution in [0.15, 0.2) is 18.3 Å². The van der Waals surface area contributed by atoms with E-state index in [2.05, 4.69) is 15.6 Å². The summed E-state index contributed by atoms with van der Waals surface area (Å²) in [5.74, 6) is -1.15. The molecule has 1 aliphatic rings. The zero-order chi connectivity index (χ0) is 15.3. The van der Waals surface area contributed by atoms with Gasteiger partial charge in [-0.25, -0.2) is 9.78 Å². The maximum Gasteiger partial charge on any atom is 0.354 e. The molecule has 21 heavy (non-hydrogen) atoms. The molecule has 0 aliphatic heterocycles. The lowest BCUT2D eigenvalue weighted by atomic mass is 9.79. The number of hydrogen-bond donors (Lipinski definition) is 3. The van der Waals surface area contributed by atoms with E-state index in [1.54, 1.807) is 6.07 Å². The van der Waals surface area contributed by atoms with Crippen molar-refractivity contribution >= 4 is 17.6 Å². The number of carbonyl (C=O) groups is 2. The predicted octanol–water partition coefficient (Wildman–Crippen LogP) is 2.03.